The third-order valence-corrected chi connectivity index (χ3v) is 5.22. The molecule has 0 heterocycles. The lowest BCUT2D eigenvalue weighted by Crippen LogP contribution is -2.27. The molecule has 2 N–H and O–H groups in total. The van der Waals surface area contributed by atoms with E-state index in [0.29, 0.717) is 17.1 Å². The number of carbonyl (C=O) groups excluding carboxylic acids is 1. The van der Waals surface area contributed by atoms with Crippen molar-refractivity contribution in [2.24, 2.45) is 15.6 Å². The summed E-state index contributed by atoms with van der Waals surface area (Å²) in [7, 11) is 1.52. The highest BCUT2D eigenvalue weighted by Crippen LogP contribution is 2.44. The zero-order valence-corrected chi connectivity index (χ0v) is 16.4. The van der Waals surface area contributed by atoms with E-state index in [1.807, 2.05) is 30.3 Å². The fourth-order valence-corrected chi connectivity index (χ4v) is 3.85. The Labute approximate surface area is 169 Å². The number of amides is 1. The zero-order chi connectivity index (χ0) is 20.7. The van der Waals surface area contributed by atoms with Crippen molar-refractivity contribution in [3.63, 3.8) is 0 Å². The molecule has 29 heavy (non-hydrogen) atoms. The molecule has 1 fully saturated rings. The number of rotatable bonds is 8. The van der Waals surface area contributed by atoms with Crippen LogP contribution in [-0.4, -0.2) is 24.1 Å². The number of nitrogens with zero attached hydrogens (tertiary/aromatic N) is 2. The maximum absolute atomic E-state index is 12.6. The first-order valence-corrected chi connectivity index (χ1v) is 9.66. The lowest BCUT2D eigenvalue weighted by molar-refractivity contribution is -0.140. The van der Waals surface area contributed by atoms with E-state index in [0.717, 1.165) is 31.4 Å². The molecule has 1 saturated carbocycles. The van der Waals surface area contributed by atoms with Crippen LogP contribution in [-0.2, 0) is 9.59 Å². The van der Waals surface area contributed by atoms with Gasteiger partial charge in [0.2, 0.25) is 5.91 Å². The summed E-state index contributed by atoms with van der Waals surface area (Å²) in [5, 5.41) is 20.4. The van der Waals surface area contributed by atoms with E-state index in [1.165, 1.54) is 7.11 Å². The Morgan fingerprint density at radius 1 is 1.03 bits per heavy atom. The monoisotopic (exact) mass is 395 g/mol. The number of hydrogen-bond donors (Lipinski definition) is 2. The summed E-state index contributed by atoms with van der Waals surface area (Å²) >= 11 is 0. The Morgan fingerprint density at radius 3 is 2.38 bits per heavy atom. The highest BCUT2D eigenvalue weighted by molar-refractivity contribution is 5.93. The number of methoxy groups -OCH3 is 1. The molecule has 0 radical (unpaired) electrons. The van der Waals surface area contributed by atoms with Gasteiger partial charge in [-0.15, -0.1) is 0 Å². The predicted octanol–water partition coefficient (Wildman–Crippen LogP) is 5.47. The van der Waals surface area contributed by atoms with Crippen LogP contribution in [0.3, 0.4) is 0 Å². The van der Waals surface area contributed by atoms with E-state index >= 15 is 0 Å². The lowest BCUT2D eigenvalue weighted by atomic mass is 9.79. The number of azo groups is 1. The molecule has 7 heteroatoms. The van der Waals surface area contributed by atoms with Crippen LogP contribution in [0, 0.1) is 5.41 Å². The van der Waals surface area contributed by atoms with Crippen LogP contribution >= 0.6 is 0 Å². The molecule has 7 nitrogen and oxygen atoms in total. The van der Waals surface area contributed by atoms with E-state index < -0.39 is 11.4 Å². The van der Waals surface area contributed by atoms with Gasteiger partial charge in [0.15, 0.2) is 0 Å². The third kappa shape index (κ3) is 5.63. The summed E-state index contributed by atoms with van der Waals surface area (Å²) in [6.45, 7) is 0. The number of aliphatic carboxylic acids is 1. The number of hydrogen-bond acceptors (Lipinski definition) is 5. The van der Waals surface area contributed by atoms with E-state index in [4.69, 9.17) is 4.74 Å². The maximum Gasteiger partial charge on any atom is 0.303 e. The van der Waals surface area contributed by atoms with E-state index in [2.05, 4.69) is 15.5 Å². The van der Waals surface area contributed by atoms with Crippen LogP contribution in [0.5, 0.6) is 5.75 Å². The van der Waals surface area contributed by atoms with Gasteiger partial charge in [-0.2, -0.15) is 10.2 Å². The fourth-order valence-electron chi connectivity index (χ4n) is 3.85. The summed E-state index contributed by atoms with van der Waals surface area (Å²) < 4.78 is 5.39. The Kier molecular flexibility index (Phi) is 6.59. The van der Waals surface area contributed by atoms with Crippen molar-refractivity contribution in [3.05, 3.63) is 48.5 Å². The normalized spacial score (nSPS) is 15.3. The Hall–Kier alpha value is -3.22. The van der Waals surface area contributed by atoms with Crippen molar-refractivity contribution in [3.8, 4) is 5.75 Å². The number of nitrogens with one attached hydrogen (secondary N) is 1. The second kappa shape index (κ2) is 9.32. The van der Waals surface area contributed by atoms with Crippen LogP contribution in [0.25, 0.3) is 0 Å². The smallest absolute Gasteiger partial charge is 0.303 e. The Bertz CT molecular complexity index is 890. The van der Waals surface area contributed by atoms with Crippen LogP contribution in [0.2, 0.25) is 0 Å². The number of carbonyl (C=O) groups is 2. The average molecular weight is 395 g/mol. The molecule has 1 amide bonds. The SMILES string of the molecule is COc1cc(N=Nc2ccccc2)ccc1NC(=O)CC1(CC(=O)O)CCCC1. The number of benzene rings is 2. The fraction of sp³-hybridized carbons (Fsp3) is 0.364. The van der Waals surface area contributed by atoms with Crippen molar-refractivity contribution < 1.29 is 19.4 Å². The van der Waals surface area contributed by atoms with Gasteiger partial charge in [-0.1, -0.05) is 31.0 Å². The Morgan fingerprint density at radius 2 is 1.72 bits per heavy atom. The molecule has 1 aliphatic carbocycles. The minimum absolute atomic E-state index is 0.0242. The molecule has 0 bridgehead atoms. The van der Waals surface area contributed by atoms with Crippen molar-refractivity contribution in [2.75, 3.05) is 12.4 Å². The molecule has 0 aliphatic heterocycles. The highest BCUT2D eigenvalue weighted by Gasteiger charge is 2.38. The van der Waals surface area contributed by atoms with Gasteiger partial charge in [0.1, 0.15) is 5.75 Å². The Balaban J connectivity index is 1.69. The molecule has 2 aromatic carbocycles. The quantitative estimate of drug-likeness (QED) is 0.578. The predicted molar refractivity (Wildman–Crippen MR) is 110 cm³/mol. The lowest BCUT2D eigenvalue weighted by Gasteiger charge is -2.26. The van der Waals surface area contributed by atoms with Crippen LogP contribution < -0.4 is 10.1 Å². The average Bonchev–Trinajstić information content (AvgIpc) is 3.14. The second-order valence-corrected chi connectivity index (χ2v) is 7.42. The van der Waals surface area contributed by atoms with Gasteiger partial charge in [-0.25, -0.2) is 0 Å². The van der Waals surface area contributed by atoms with Gasteiger partial charge in [-0.05, 0) is 42.5 Å². The largest absolute Gasteiger partial charge is 0.494 e. The molecule has 0 unspecified atom stereocenters. The standard InChI is InChI=1S/C22H25N3O4/c1-29-19-13-17(25-24-16-7-3-2-4-8-16)9-10-18(19)23-20(26)14-22(15-21(27)28)11-5-6-12-22/h2-4,7-10,13H,5-6,11-12,14-15H2,1H3,(H,23,26)(H,27,28). The van der Waals surface area contributed by atoms with Crippen molar-refractivity contribution in [2.45, 2.75) is 38.5 Å². The molecule has 2 aromatic rings. The molecule has 1 aliphatic rings. The third-order valence-electron chi connectivity index (χ3n) is 5.22. The topological polar surface area (TPSA) is 100 Å². The second-order valence-electron chi connectivity index (χ2n) is 7.42. The van der Waals surface area contributed by atoms with Crippen LogP contribution in [0.4, 0.5) is 17.1 Å². The van der Waals surface area contributed by atoms with Gasteiger partial charge < -0.3 is 15.2 Å². The minimum atomic E-state index is -0.856. The molecule has 0 saturated heterocycles. The highest BCUT2D eigenvalue weighted by atomic mass is 16.5. The van der Waals surface area contributed by atoms with Gasteiger partial charge in [0.25, 0.3) is 0 Å². The van der Waals surface area contributed by atoms with Crippen LogP contribution in [0.15, 0.2) is 58.8 Å². The first-order valence-electron chi connectivity index (χ1n) is 9.66. The first kappa shape index (κ1) is 20.5. The van der Waals surface area contributed by atoms with Gasteiger partial charge in [0.05, 0.1) is 30.6 Å². The van der Waals surface area contributed by atoms with Crippen molar-refractivity contribution in [1.82, 2.24) is 0 Å². The van der Waals surface area contributed by atoms with Crippen molar-refractivity contribution >= 4 is 28.9 Å². The molecule has 152 valence electrons. The number of anilines is 1. The zero-order valence-electron chi connectivity index (χ0n) is 16.4. The van der Waals surface area contributed by atoms with E-state index in [1.54, 1.807) is 18.2 Å². The minimum Gasteiger partial charge on any atom is -0.494 e. The first-order chi connectivity index (χ1) is 14.0. The van der Waals surface area contributed by atoms with Crippen LogP contribution in [0.1, 0.15) is 38.5 Å². The van der Waals surface area contributed by atoms with Crippen molar-refractivity contribution in [1.29, 1.82) is 0 Å². The van der Waals surface area contributed by atoms with Gasteiger partial charge in [0, 0.05) is 12.5 Å². The molecular weight excluding hydrogens is 370 g/mol. The summed E-state index contributed by atoms with van der Waals surface area (Å²) in [6.07, 6.45) is 3.68. The molecule has 0 spiro atoms. The summed E-state index contributed by atoms with van der Waals surface area (Å²) in [4.78, 5) is 23.8. The van der Waals surface area contributed by atoms with Gasteiger partial charge >= 0.3 is 5.97 Å². The summed E-state index contributed by atoms with van der Waals surface area (Å²) in [6, 6.07) is 14.5. The number of carboxylic acids is 1. The van der Waals surface area contributed by atoms with Gasteiger partial charge in [-0.3, -0.25) is 9.59 Å². The molecular formula is C22H25N3O4. The molecule has 0 aromatic heterocycles. The number of carboxylic acid groups (broad SMARTS) is 1. The number of ether oxygens (including phenoxy) is 1. The maximum atomic E-state index is 12.6. The molecule has 0 atom stereocenters. The van der Waals surface area contributed by atoms with E-state index in [9.17, 15) is 14.7 Å². The summed E-state index contributed by atoms with van der Waals surface area (Å²) in [5.74, 6) is -0.586. The summed E-state index contributed by atoms with van der Waals surface area (Å²) in [5.41, 5.74) is 1.41. The van der Waals surface area contributed by atoms with E-state index in [-0.39, 0.29) is 18.7 Å². The molecule has 3 rings (SSSR count).